The van der Waals surface area contributed by atoms with Crippen LogP contribution in [0.1, 0.15) is 10.5 Å². The van der Waals surface area contributed by atoms with E-state index in [9.17, 15) is 19.3 Å². The molecule has 0 aliphatic rings. The van der Waals surface area contributed by atoms with Crippen LogP contribution in [0.5, 0.6) is 0 Å². The van der Waals surface area contributed by atoms with Gasteiger partial charge in [-0.3, -0.25) is 14.9 Å². The Balaban J connectivity index is 2.26. The van der Waals surface area contributed by atoms with Crippen LogP contribution in [0.25, 0.3) is 0 Å². The third-order valence-electron chi connectivity index (χ3n) is 2.61. The van der Waals surface area contributed by atoms with Gasteiger partial charge in [-0.25, -0.2) is 4.39 Å². The maximum absolute atomic E-state index is 12.9. The molecule has 2 rings (SSSR count). The van der Waals surface area contributed by atoms with Crippen LogP contribution in [0.3, 0.4) is 0 Å². The zero-order valence-corrected chi connectivity index (χ0v) is 11.8. The van der Waals surface area contributed by atoms with Gasteiger partial charge in [0.05, 0.1) is 16.8 Å². The molecule has 0 aliphatic carbocycles. The lowest BCUT2D eigenvalue weighted by Gasteiger charge is -2.07. The van der Waals surface area contributed by atoms with Gasteiger partial charge >= 0.3 is 0 Å². The Morgan fingerprint density at radius 1 is 1.45 bits per heavy atom. The van der Waals surface area contributed by atoms with E-state index >= 15 is 0 Å². The van der Waals surface area contributed by atoms with E-state index < -0.39 is 16.6 Å². The zero-order chi connectivity index (χ0) is 14.9. The number of halogens is 2. The van der Waals surface area contributed by atoms with Gasteiger partial charge in [0.15, 0.2) is 0 Å². The molecule has 0 radical (unpaired) electrons. The molecule has 104 valence electrons. The molecule has 0 atom stereocenters. The van der Waals surface area contributed by atoms with Crippen LogP contribution in [-0.2, 0) is 7.05 Å². The summed E-state index contributed by atoms with van der Waals surface area (Å²) in [5.41, 5.74) is 0.337. The first-order chi connectivity index (χ1) is 9.38. The number of aryl methyl sites for hydroxylation is 1. The average Bonchev–Trinajstić information content (AvgIpc) is 2.75. The molecule has 1 heterocycles. The van der Waals surface area contributed by atoms with Crippen molar-refractivity contribution < 1.29 is 14.1 Å². The second-order valence-corrected chi connectivity index (χ2v) is 4.88. The van der Waals surface area contributed by atoms with Crippen LogP contribution in [0.4, 0.5) is 15.8 Å². The highest BCUT2D eigenvalue weighted by Crippen LogP contribution is 2.24. The van der Waals surface area contributed by atoms with Gasteiger partial charge < -0.3 is 9.88 Å². The number of benzene rings is 1. The molecule has 0 aliphatic heterocycles. The predicted octanol–water partition coefficient (Wildman–Crippen LogP) is 3.09. The molecule has 0 fully saturated rings. The van der Waals surface area contributed by atoms with Gasteiger partial charge in [-0.1, -0.05) is 0 Å². The Labute approximate surface area is 121 Å². The van der Waals surface area contributed by atoms with Gasteiger partial charge in [0.25, 0.3) is 11.6 Å². The number of hydrogen-bond acceptors (Lipinski definition) is 3. The average molecular weight is 342 g/mol. The number of nitrogens with zero attached hydrogens (tertiary/aromatic N) is 2. The number of anilines is 1. The second-order valence-electron chi connectivity index (χ2n) is 4.03. The minimum atomic E-state index is -0.579. The fourth-order valence-electron chi connectivity index (χ4n) is 1.65. The van der Waals surface area contributed by atoms with Crippen LogP contribution in [-0.4, -0.2) is 15.4 Å². The van der Waals surface area contributed by atoms with Crippen molar-refractivity contribution >= 4 is 33.2 Å². The van der Waals surface area contributed by atoms with Gasteiger partial charge in [-0.2, -0.15) is 0 Å². The molecule has 20 heavy (non-hydrogen) atoms. The first kappa shape index (κ1) is 14.2. The molecule has 1 aromatic heterocycles. The van der Waals surface area contributed by atoms with Crippen LogP contribution >= 0.6 is 15.9 Å². The standard InChI is InChI=1S/C12H9BrFN3O3/c1-16-6-8(17(19)20)5-11(16)12(18)15-10-3-2-7(14)4-9(10)13/h2-6H,1H3,(H,15,18). The third kappa shape index (κ3) is 2.85. The quantitative estimate of drug-likeness (QED) is 0.688. The molecule has 2 aromatic rings. The van der Waals surface area contributed by atoms with Crippen molar-refractivity contribution in [1.29, 1.82) is 0 Å². The Bertz CT molecular complexity index is 699. The van der Waals surface area contributed by atoms with Gasteiger partial charge in [0.2, 0.25) is 0 Å². The number of nitrogens with one attached hydrogen (secondary N) is 1. The summed E-state index contributed by atoms with van der Waals surface area (Å²) in [5, 5.41) is 13.2. The molecule has 0 saturated carbocycles. The monoisotopic (exact) mass is 341 g/mol. The fourth-order valence-corrected chi connectivity index (χ4v) is 2.10. The first-order valence-electron chi connectivity index (χ1n) is 5.45. The van der Waals surface area contributed by atoms with Crippen molar-refractivity contribution in [3.05, 3.63) is 56.6 Å². The normalized spacial score (nSPS) is 10.3. The van der Waals surface area contributed by atoms with Gasteiger partial charge in [-0.15, -0.1) is 0 Å². The lowest BCUT2D eigenvalue weighted by Crippen LogP contribution is -2.15. The molecule has 1 amide bonds. The summed E-state index contributed by atoms with van der Waals surface area (Å²) < 4.78 is 14.7. The van der Waals surface area contributed by atoms with Crippen molar-refractivity contribution in [3.8, 4) is 0 Å². The summed E-state index contributed by atoms with van der Waals surface area (Å²) in [4.78, 5) is 22.1. The molecule has 0 spiro atoms. The van der Waals surface area contributed by atoms with E-state index in [1.54, 1.807) is 0 Å². The zero-order valence-electron chi connectivity index (χ0n) is 10.3. The van der Waals surface area contributed by atoms with Crippen molar-refractivity contribution in [1.82, 2.24) is 4.57 Å². The van der Waals surface area contributed by atoms with Crippen LogP contribution in [0.15, 0.2) is 34.9 Å². The molecule has 0 bridgehead atoms. The van der Waals surface area contributed by atoms with E-state index in [4.69, 9.17) is 0 Å². The molecule has 6 nitrogen and oxygen atoms in total. The smallest absolute Gasteiger partial charge is 0.287 e. The first-order valence-corrected chi connectivity index (χ1v) is 6.25. The lowest BCUT2D eigenvalue weighted by molar-refractivity contribution is -0.384. The van der Waals surface area contributed by atoms with E-state index in [-0.39, 0.29) is 11.4 Å². The summed E-state index contributed by atoms with van der Waals surface area (Å²) in [6.45, 7) is 0. The van der Waals surface area contributed by atoms with E-state index in [0.717, 1.165) is 0 Å². The highest BCUT2D eigenvalue weighted by molar-refractivity contribution is 9.10. The Morgan fingerprint density at radius 2 is 2.15 bits per heavy atom. The summed E-state index contributed by atoms with van der Waals surface area (Å²) in [7, 11) is 1.53. The van der Waals surface area contributed by atoms with Crippen LogP contribution in [0, 0.1) is 15.9 Å². The van der Waals surface area contributed by atoms with E-state index in [0.29, 0.717) is 10.2 Å². The topological polar surface area (TPSA) is 77.2 Å². The maximum Gasteiger partial charge on any atom is 0.287 e. The number of nitro groups is 1. The number of carbonyl (C=O) groups excluding carboxylic acids is 1. The minimum Gasteiger partial charge on any atom is -0.340 e. The number of amides is 1. The SMILES string of the molecule is Cn1cc([N+](=O)[O-])cc1C(=O)Nc1ccc(F)cc1Br. The summed E-state index contributed by atoms with van der Waals surface area (Å²) in [6.07, 6.45) is 1.24. The van der Waals surface area contributed by atoms with E-state index in [1.165, 1.54) is 42.1 Å². The number of carbonyl (C=O) groups is 1. The van der Waals surface area contributed by atoms with Gasteiger partial charge in [0, 0.05) is 17.6 Å². The molecule has 1 aromatic carbocycles. The van der Waals surface area contributed by atoms with Gasteiger partial charge in [-0.05, 0) is 34.1 Å². The largest absolute Gasteiger partial charge is 0.340 e. The van der Waals surface area contributed by atoms with E-state index in [2.05, 4.69) is 21.2 Å². The van der Waals surface area contributed by atoms with Crippen LogP contribution < -0.4 is 5.32 Å². The molecule has 0 unspecified atom stereocenters. The number of hydrogen-bond donors (Lipinski definition) is 1. The van der Waals surface area contributed by atoms with Crippen molar-refractivity contribution in [2.45, 2.75) is 0 Å². The van der Waals surface area contributed by atoms with Crippen molar-refractivity contribution in [2.24, 2.45) is 7.05 Å². The van der Waals surface area contributed by atoms with Crippen molar-refractivity contribution in [3.63, 3.8) is 0 Å². The molecular formula is C12H9BrFN3O3. The fraction of sp³-hybridized carbons (Fsp3) is 0.0833. The summed E-state index contributed by atoms with van der Waals surface area (Å²) in [6, 6.07) is 4.98. The Morgan fingerprint density at radius 3 is 2.70 bits per heavy atom. The Kier molecular flexibility index (Phi) is 3.84. The molecule has 0 saturated heterocycles. The molecule has 1 N–H and O–H groups in total. The summed E-state index contributed by atoms with van der Waals surface area (Å²) in [5.74, 6) is -0.961. The van der Waals surface area contributed by atoms with E-state index in [1.807, 2.05) is 0 Å². The second kappa shape index (κ2) is 5.41. The number of rotatable bonds is 3. The number of aromatic nitrogens is 1. The summed E-state index contributed by atoms with van der Waals surface area (Å²) >= 11 is 3.13. The minimum absolute atomic E-state index is 0.132. The Hall–Kier alpha value is -2.22. The lowest BCUT2D eigenvalue weighted by atomic mass is 10.3. The van der Waals surface area contributed by atoms with Gasteiger partial charge in [0.1, 0.15) is 11.5 Å². The maximum atomic E-state index is 12.9. The third-order valence-corrected chi connectivity index (χ3v) is 3.27. The predicted molar refractivity (Wildman–Crippen MR) is 74.1 cm³/mol. The molecular weight excluding hydrogens is 333 g/mol. The van der Waals surface area contributed by atoms with Crippen LogP contribution in [0.2, 0.25) is 0 Å². The molecule has 8 heteroatoms. The highest BCUT2D eigenvalue weighted by Gasteiger charge is 2.18. The van der Waals surface area contributed by atoms with Crippen molar-refractivity contribution in [2.75, 3.05) is 5.32 Å². The highest BCUT2D eigenvalue weighted by atomic mass is 79.9.